The number of hydrogen-bond acceptors (Lipinski definition) is 15. The van der Waals surface area contributed by atoms with Crippen LogP contribution >= 0.6 is 0 Å². The van der Waals surface area contributed by atoms with Crippen LogP contribution in [0.25, 0.3) is 10.4 Å². The molecular weight excluding hydrogens is 845 g/mol. The molecule has 2 saturated carbocycles. The first-order valence-corrected chi connectivity index (χ1v) is 21.0. The van der Waals surface area contributed by atoms with Gasteiger partial charge in [-0.2, -0.15) is 0 Å². The van der Waals surface area contributed by atoms with E-state index in [1.54, 1.807) is 36.4 Å². The summed E-state index contributed by atoms with van der Waals surface area (Å²) in [5.74, 6) is -7.12. The highest BCUT2D eigenvalue weighted by atomic mass is 16.6. The highest BCUT2D eigenvalue weighted by molar-refractivity contribution is 5.96. The largest absolute Gasteiger partial charge is 0.456 e. The van der Waals surface area contributed by atoms with Crippen LogP contribution in [-0.4, -0.2) is 105 Å². The topological polar surface area (TPSA) is 270 Å². The van der Waals surface area contributed by atoms with Gasteiger partial charge in [0.2, 0.25) is 0 Å². The molecule has 11 atom stereocenters. The average Bonchev–Trinajstić information content (AvgIpc) is 3.27. The Morgan fingerprint density at radius 2 is 1.51 bits per heavy atom. The van der Waals surface area contributed by atoms with Gasteiger partial charge in [0.25, 0.3) is 5.91 Å². The molecule has 4 N–H and O–H groups in total. The van der Waals surface area contributed by atoms with E-state index in [1.165, 1.54) is 76.2 Å². The summed E-state index contributed by atoms with van der Waals surface area (Å²) in [6, 6.07) is 20.0. The molecule has 18 heteroatoms. The predicted molar refractivity (Wildman–Crippen MR) is 226 cm³/mol. The minimum atomic E-state index is -2.43. The zero-order valence-corrected chi connectivity index (χ0v) is 36.5. The summed E-state index contributed by atoms with van der Waals surface area (Å²) >= 11 is 0. The first kappa shape index (κ1) is 46.6. The zero-order chi connectivity index (χ0) is 47.2. The van der Waals surface area contributed by atoms with Crippen molar-refractivity contribution < 1.29 is 67.8 Å². The van der Waals surface area contributed by atoms with Crippen LogP contribution in [0.15, 0.2) is 101 Å². The number of carbonyl (C=O) groups is 6. The molecule has 1 saturated heterocycles. The lowest BCUT2D eigenvalue weighted by molar-refractivity contribution is -0.346. The van der Waals surface area contributed by atoms with Gasteiger partial charge in [-0.15, -0.1) is 0 Å². The molecule has 3 aromatic rings. The third kappa shape index (κ3) is 7.95. The minimum absolute atomic E-state index is 0.0394. The molecular formula is C47H50N4O14. The van der Waals surface area contributed by atoms with Crippen LogP contribution in [0, 0.1) is 16.7 Å². The van der Waals surface area contributed by atoms with E-state index in [2.05, 4.69) is 15.3 Å². The van der Waals surface area contributed by atoms with Gasteiger partial charge in [-0.1, -0.05) is 79.6 Å². The molecule has 18 nitrogen and oxygen atoms in total. The second-order valence-corrected chi connectivity index (χ2v) is 17.7. The van der Waals surface area contributed by atoms with E-state index in [-0.39, 0.29) is 46.6 Å². The number of nitrogens with one attached hydrogen (secondary N) is 1. The lowest BCUT2D eigenvalue weighted by atomic mass is 9.44. The number of carbonyl (C=O) groups excluding carboxylic acids is 6. The van der Waals surface area contributed by atoms with Crippen molar-refractivity contribution in [2.75, 3.05) is 6.61 Å². The Labute approximate surface area is 373 Å². The molecule has 2 bridgehead atoms. The van der Waals surface area contributed by atoms with Crippen molar-refractivity contribution >= 4 is 41.3 Å². The summed E-state index contributed by atoms with van der Waals surface area (Å²) in [5, 5.41) is 43.9. The number of azide groups is 1. The van der Waals surface area contributed by atoms with Gasteiger partial charge in [-0.05, 0) is 60.4 Å². The molecule has 0 radical (unpaired) electrons. The number of amides is 1. The molecule has 65 heavy (non-hydrogen) atoms. The Balaban J connectivity index is 1.38. The first-order chi connectivity index (χ1) is 30.7. The number of benzene rings is 3. The number of ketones is 1. The number of fused-ring (bicyclic) bond motifs is 5. The van der Waals surface area contributed by atoms with Gasteiger partial charge in [-0.25, -0.2) is 9.59 Å². The van der Waals surface area contributed by atoms with Crippen LogP contribution in [0.4, 0.5) is 5.69 Å². The molecule has 4 aliphatic rings. The number of aliphatic hydroxyl groups is 3. The van der Waals surface area contributed by atoms with Crippen molar-refractivity contribution in [1.29, 1.82) is 0 Å². The van der Waals surface area contributed by atoms with Gasteiger partial charge in [0.15, 0.2) is 23.6 Å². The van der Waals surface area contributed by atoms with Crippen LogP contribution < -0.4 is 5.32 Å². The van der Waals surface area contributed by atoms with Gasteiger partial charge in [0, 0.05) is 48.3 Å². The molecule has 1 amide bonds. The molecule has 0 unspecified atom stereocenters. The monoisotopic (exact) mass is 894 g/mol. The second-order valence-electron chi connectivity index (χ2n) is 17.7. The first-order valence-electron chi connectivity index (χ1n) is 21.0. The van der Waals surface area contributed by atoms with Crippen molar-refractivity contribution in [1.82, 2.24) is 5.32 Å². The summed E-state index contributed by atoms with van der Waals surface area (Å²) in [4.78, 5) is 86.6. The smallest absolute Gasteiger partial charge is 0.338 e. The lowest BCUT2D eigenvalue weighted by Crippen LogP contribution is -2.82. The van der Waals surface area contributed by atoms with E-state index in [4.69, 9.17) is 29.2 Å². The molecule has 0 aromatic heterocycles. The number of aliphatic hydroxyl groups excluding tert-OH is 2. The highest BCUT2D eigenvalue weighted by Crippen LogP contribution is 2.64. The number of nitrogens with zero attached hydrogens (tertiary/aromatic N) is 3. The third-order valence-corrected chi connectivity index (χ3v) is 13.7. The fourth-order valence-corrected chi connectivity index (χ4v) is 10.3. The molecule has 1 heterocycles. The molecule has 3 aliphatic carbocycles. The van der Waals surface area contributed by atoms with Crippen LogP contribution in [-0.2, 0) is 42.9 Å². The number of Topliss-reactive ketones (excluding diaryl/α,β-unsaturated/α-hetero) is 1. The summed E-state index contributed by atoms with van der Waals surface area (Å²) in [5.41, 5.74) is 1.67. The number of ether oxygens (including phenoxy) is 5. The molecule has 1 aliphatic heterocycles. The third-order valence-electron chi connectivity index (χ3n) is 13.7. The van der Waals surface area contributed by atoms with Crippen molar-refractivity contribution in [3.8, 4) is 0 Å². The molecule has 3 fully saturated rings. The number of esters is 4. The Kier molecular flexibility index (Phi) is 12.5. The Morgan fingerprint density at radius 1 is 0.892 bits per heavy atom. The Hall–Kier alpha value is -6.43. The standard InChI is InChI=1S/C47H50N4O14/c1-24-31(63-43(59)36(55)35(27-17-19-30(20-18-27)50-51-48)49-41(57)28-13-9-7-10-14-28)22-47(60)40(64-42(58)29-15-11-8-12-16-29)38-45(6,32(54)21-33-46(38,23-61-33)65-26(3)53)39(56)37(62-25(2)52)34(24)44(47,4)5/h7-20,31-33,35-38,40,54-55,60H,21-23H2,1-6H3,(H,49,57)/t31-,32-,33+,35-,36+,37+,38-,40-,45+,46-,47+/m0/s1. The fraction of sp³-hybridized carbons (Fsp3) is 0.447. The summed E-state index contributed by atoms with van der Waals surface area (Å²) < 4.78 is 30.3. The lowest BCUT2D eigenvalue weighted by Gasteiger charge is -2.67. The summed E-state index contributed by atoms with van der Waals surface area (Å²) in [7, 11) is 0. The van der Waals surface area contributed by atoms with Crippen LogP contribution in [0.5, 0.6) is 0 Å². The van der Waals surface area contributed by atoms with Crippen molar-refractivity contribution in [2.45, 2.75) is 108 Å². The van der Waals surface area contributed by atoms with Crippen LogP contribution in [0.3, 0.4) is 0 Å². The second kappa shape index (κ2) is 17.5. The van der Waals surface area contributed by atoms with Crippen molar-refractivity contribution in [3.05, 3.63) is 123 Å². The van der Waals surface area contributed by atoms with E-state index in [9.17, 15) is 39.3 Å². The van der Waals surface area contributed by atoms with E-state index in [0.717, 1.165) is 13.8 Å². The van der Waals surface area contributed by atoms with Crippen LogP contribution in [0.1, 0.15) is 86.7 Å². The van der Waals surface area contributed by atoms with Gasteiger partial charge < -0.3 is 44.3 Å². The van der Waals surface area contributed by atoms with Gasteiger partial charge in [0.1, 0.15) is 23.9 Å². The molecule has 7 rings (SSSR count). The summed E-state index contributed by atoms with van der Waals surface area (Å²) in [6.07, 6.45) is -10.9. The quantitative estimate of drug-likeness (QED) is 0.0509. The van der Waals surface area contributed by atoms with E-state index in [1.807, 2.05) is 0 Å². The van der Waals surface area contributed by atoms with Crippen molar-refractivity contribution in [2.24, 2.45) is 21.9 Å². The number of rotatable bonds is 11. The average molecular weight is 895 g/mol. The van der Waals surface area contributed by atoms with Crippen molar-refractivity contribution in [3.63, 3.8) is 0 Å². The molecule has 342 valence electrons. The maximum Gasteiger partial charge on any atom is 0.338 e. The SMILES string of the molecule is CC(=O)O[C@H]1C(=O)[C@@]2(C)[C@H]([C@H](OC(=O)c3ccccc3)[C@]3(O)C[C@H](OC(=O)[C@H](O)[C@@H](NC(=O)c4ccccc4)c4ccc(N=[N+]=[N-])cc4)C(C)=C1C3(C)C)[C@]1(OC(C)=O)CO[C@@H]1C[C@@H]2O. The van der Waals surface area contributed by atoms with Gasteiger partial charge in [0.05, 0.1) is 35.6 Å². The van der Waals surface area contributed by atoms with E-state index < -0.39 is 113 Å². The minimum Gasteiger partial charge on any atom is -0.456 e. The zero-order valence-electron chi connectivity index (χ0n) is 36.5. The Bertz CT molecular complexity index is 2470. The Morgan fingerprint density at radius 3 is 2.06 bits per heavy atom. The highest BCUT2D eigenvalue weighted by Gasteiger charge is 2.78. The number of hydrogen-bond donors (Lipinski definition) is 4. The van der Waals surface area contributed by atoms with Gasteiger partial charge >= 0.3 is 23.9 Å². The van der Waals surface area contributed by atoms with Crippen LogP contribution in [0.2, 0.25) is 0 Å². The normalized spacial score (nSPS) is 30.8. The maximum atomic E-state index is 15.5. The molecule has 3 aromatic carbocycles. The molecule has 0 spiro atoms. The van der Waals surface area contributed by atoms with E-state index in [0.29, 0.717) is 0 Å². The van der Waals surface area contributed by atoms with Gasteiger partial charge in [-0.3, -0.25) is 19.2 Å². The van der Waals surface area contributed by atoms with E-state index >= 15 is 4.79 Å². The maximum absolute atomic E-state index is 15.5. The predicted octanol–water partition coefficient (Wildman–Crippen LogP) is 4.68. The summed E-state index contributed by atoms with van der Waals surface area (Å²) in [6.45, 7) is 7.82. The fourth-order valence-electron chi connectivity index (χ4n) is 10.3.